The van der Waals surface area contributed by atoms with Crippen LogP contribution in [0.15, 0.2) is 46.4 Å². The van der Waals surface area contributed by atoms with Crippen LogP contribution in [-0.2, 0) is 28.5 Å². The number of aryl methyl sites for hydroxylation is 1. The maximum absolute atomic E-state index is 13.0. The number of halogens is 3. The van der Waals surface area contributed by atoms with Crippen molar-refractivity contribution in [2.24, 2.45) is 0 Å². The van der Waals surface area contributed by atoms with E-state index < -0.39 is 23.6 Å². The van der Waals surface area contributed by atoms with Gasteiger partial charge in [-0.2, -0.15) is 18.4 Å². The number of ether oxygens (including phenoxy) is 1. The normalized spacial score (nSPS) is 13.7. The van der Waals surface area contributed by atoms with Gasteiger partial charge in [0.25, 0.3) is 5.91 Å². The molecule has 4 rings (SSSR count). The van der Waals surface area contributed by atoms with Gasteiger partial charge in [0, 0.05) is 16.5 Å². The number of hydrogen-bond donors (Lipinski definition) is 1. The molecule has 1 amide bonds. The molecule has 1 N–H and O–H groups in total. The van der Waals surface area contributed by atoms with Gasteiger partial charge in [-0.05, 0) is 69.4 Å². The van der Waals surface area contributed by atoms with E-state index in [-0.39, 0.29) is 28.8 Å². The van der Waals surface area contributed by atoms with Gasteiger partial charge < -0.3 is 14.5 Å². The zero-order valence-electron chi connectivity index (χ0n) is 20.1. The van der Waals surface area contributed by atoms with Crippen molar-refractivity contribution in [3.05, 3.63) is 69.3 Å². The third-order valence-electron chi connectivity index (χ3n) is 5.70. The molecule has 0 atom stereocenters. The number of hydrogen-bond acceptors (Lipinski definition) is 6. The number of nitrogens with zero attached hydrogens (tertiary/aromatic N) is 1. The van der Waals surface area contributed by atoms with Gasteiger partial charge in [-0.15, -0.1) is 11.3 Å². The fourth-order valence-corrected chi connectivity index (χ4v) is 5.31. The highest BCUT2D eigenvalue weighted by molar-refractivity contribution is 7.17. The predicted molar refractivity (Wildman–Crippen MR) is 133 cm³/mol. The standard InChI is InChI=1S/C27H23F3N2O4S/c1-15(2)35-26(34)23-20-8-3-4-9-22(20)37-25(23)32-24(33)17(14-31)13-19-10-11-21(36-19)16-6-5-7-18(12-16)27(28,29)30/h5-7,10-13,15H,3-4,8-9H2,1-2H3,(H,32,33). The Hall–Kier alpha value is -3.84. The second kappa shape index (κ2) is 10.6. The number of esters is 1. The molecule has 192 valence electrons. The molecule has 0 unspecified atom stereocenters. The zero-order valence-corrected chi connectivity index (χ0v) is 20.9. The van der Waals surface area contributed by atoms with Gasteiger partial charge >= 0.3 is 12.1 Å². The molecule has 6 nitrogen and oxygen atoms in total. The lowest BCUT2D eigenvalue weighted by Crippen LogP contribution is -2.18. The summed E-state index contributed by atoms with van der Waals surface area (Å²) >= 11 is 1.30. The Morgan fingerprint density at radius 1 is 1.19 bits per heavy atom. The lowest BCUT2D eigenvalue weighted by Gasteiger charge is -2.14. The molecule has 0 saturated carbocycles. The molecule has 2 heterocycles. The summed E-state index contributed by atoms with van der Waals surface area (Å²) in [7, 11) is 0. The Morgan fingerprint density at radius 3 is 2.65 bits per heavy atom. The first-order valence-corrected chi connectivity index (χ1v) is 12.4. The maximum atomic E-state index is 13.0. The van der Waals surface area contributed by atoms with E-state index in [9.17, 15) is 28.0 Å². The van der Waals surface area contributed by atoms with Crippen molar-refractivity contribution >= 4 is 34.3 Å². The van der Waals surface area contributed by atoms with Crippen LogP contribution in [0.5, 0.6) is 0 Å². The minimum Gasteiger partial charge on any atom is -0.459 e. The molecular formula is C27H23F3N2O4S. The number of carbonyl (C=O) groups is 2. The fraction of sp³-hybridized carbons (Fsp3) is 0.296. The second-order valence-electron chi connectivity index (χ2n) is 8.77. The molecule has 1 aliphatic carbocycles. The highest BCUT2D eigenvalue weighted by atomic mass is 32.1. The number of nitrogens with one attached hydrogen (secondary N) is 1. The maximum Gasteiger partial charge on any atom is 0.416 e. The first kappa shape index (κ1) is 26.2. The van der Waals surface area contributed by atoms with Crippen LogP contribution >= 0.6 is 11.3 Å². The Labute approximate surface area is 215 Å². The van der Waals surface area contributed by atoms with Crippen molar-refractivity contribution in [2.75, 3.05) is 5.32 Å². The van der Waals surface area contributed by atoms with Crippen LogP contribution in [0.25, 0.3) is 17.4 Å². The van der Waals surface area contributed by atoms with Gasteiger partial charge in [0.05, 0.1) is 17.2 Å². The lowest BCUT2D eigenvalue weighted by atomic mass is 9.95. The highest BCUT2D eigenvalue weighted by Crippen LogP contribution is 2.39. The molecule has 0 fully saturated rings. The van der Waals surface area contributed by atoms with Crippen molar-refractivity contribution < 1.29 is 31.9 Å². The van der Waals surface area contributed by atoms with Crippen molar-refractivity contribution in [3.63, 3.8) is 0 Å². The third-order valence-corrected chi connectivity index (χ3v) is 6.91. The van der Waals surface area contributed by atoms with Crippen molar-refractivity contribution in [2.45, 2.75) is 51.8 Å². The number of fused-ring (bicyclic) bond motifs is 1. The number of amides is 1. The lowest BCUT2D eigenvalue weighted by molar-refractivity contribution is -0.137. The van der Waals surface area contributed by atoms with Crippen LogP contribution in [-0.4, -0.2) is 18.0 Å². The Balaban J connectivity index is 1.59. The number of anilines is 1. The molecule has 0 aliphatic heterocycles. The largest absolute Gasteiger partial charge is 0.459 e. The van der Waals surface area contributed by atoms with Gasteiger partial charge in [0.2, 0.25) is 0 Å². The van der Waals surface area contributed by atoms with Gasteiger partial charge in [0.15, 0.2) is 0 Å². The van der Waals surface area contributed by atoms with E-state index in [1.54, 1.807) is 13.8 Å². The monoisotopic (exact) mass is 528 g/mol. The molecule has 3 aromatic rings. The summed E-state index contributed by atoms with van der Waals surface area (Å²) < 4.78 is 50.1. The van der Waals surface area contributed by atoms with Crippen LogP contribution in [0, 0.1) is 11.3 Å². The number of thiophene rings is 1. The minimum atomic E-state index is -4.50. The van der Waals surface area contributed by atoms with Crippen LogP contribution in [0.3, 0.4) is 0 Å². The Morgan fingerprint density at radius 2 is 1.95 bits per heavy atom. The number of nitriles is 1. The average molecular weight is 529 g/mol. The molecule has 1 aliphatic rings. The molecule has 0 bridgehead atoms. The van der Waals surface area contributed by atoms with E-state index in [2.05, 4.69) is 5.32 Å². The zero-order chi connectivity index (χ0) is 26.7. The van der Waals surface area contributed by atoms with E-state index in [1.807, 2.05) is 6.07 Å². The van der Waals surface area contributed by atoms with E-state index in [1.165, 1.54) is 41.7 Å². The van der Waals surface area contributed by atoms with Crippen LogP contribution in [0.2, 0.25) is 0 Å². The number of furan rings is 1. The predicted octanol–water partition coefficient (Wildman–Crippen LogP) is 7.02. The molecule has 2 aromatic heterocycles. The fourth-order valence-electron chi connectivity index (χ4n) is 4.04. The smallest absolute Gasteiger partial charge is 0.416 e. The average Bonchev–Trinajstić information content (AvgIpc) is 3.46. The van der Waals surface area contributed by atoms with E-state index in [0.717, 1.165) is 41.8 Å². The summed E-state index contributed by atoms with van der Waals surface area (Å²) in [4.78, 5) is 26.8. The van der Waals surface area contributed by atoms with Crippen molar-refractivity contribution in [3.8, 4) is 17.4 Å². The molecule has 10 heteroatoms. The topological polar surface area (TPSA) is 92.3 Å². The Bertz CT molecular complexity index is 1410. The number of alkyl halides is 3. The Kier molecular flexibility index (Phi) is 7.55. The molecule has 0 saturated heterocycles. The summed E-state index contributed by atoms with van der Waals surface area (Å²) in [6, 6.07) is 9.39. The number of carbonyl (C=O) groups excluding carboxylic acids is 2. The third kappa shape index (κ3) is 5.94. The quantitative estimate of drug-likeness (QED) is 0.211. The second-order valence-corrected chi connectivity index (χ2v) is 9.88. The molecule has 37 heavy (non-hydrogen) atoms. The molecule has 0 spiro atoms. The van der Waals surface area contributed by atoms with Gasteiger partial charge in [-0.25, -0.2) is 4.79 Å². The van der Waals surface area contributed by atoms with E-state index >= 15 is 0 Å². The summed E-state index contributed by atoms with van der Waals surface area (Å²) in [5.41, 5.74) is 0.288. The van der Waals surface area contributed by atoms with Crippen molar-refractivity contribution in [1.82, 2.24) is 0 Å². The SMILES string of the molecule is CC(C)OC(=O)c1c(NC(=O)C(C#N)=Cc2ccc(-c3cccc(C(F)(F)F)c3)o2)sc2c1CCCC2. The molecule has 1 aromatic carbocycles. The van der Waals surface area contributed by atoms with Crippen LogP contribution in [0.1, 0.15) is 58.8 Å². The van der Waals surface area contributed by atoms with Gasteiger partial charge in [0.1, 0.15) is 28.2 Å². The number of benzene rings is 1. The first-order valence-electron chi connectivity index (χ1n) is 11.6. The highest BCUT2D eigenvalue weighted by Gasteiger charge is 2.31. The van der Waals surface area contributed by atoms with Gasteiger partial charge in [-0.1, -0.05) is 12.1 Å². The molecule has 0 radical (unpaired) electrons. The van der Waals surface area contributed by atoms with Crippen LogP contribution < -0.4 is 5.32 Å². The molecular weight excluding hydrogens is 505 g/mol. The van der Waals surface area contributed by atoms with Crippen LogP contribution in [0.4, 0.5) is 18.2 Å². The number of rotatable bonds is 6. The van der Waals surface area contributed by atoms with E-state index in [4.69, 9.17) is 9.15 Å². The summed E-state index contributed by atoms with van der Waals surface area (Å²) in [5.74, 6) is -0.996. The van der Waals surface area contributed by atoms with Crippen molar-refractivity contribution in [1.29, 1.82) is 5.26 Å². The summed E-state index contributed by atoms with van der Waals surface area (Å²) in [6.07, 6.45) is -0.232. The summed E-state index contributed by atoms with van der Waals surface area (Å²) in [5, 5.41) is 12.6. The first-order chi connectivity index (χ1) is 17.6. The minimum absolute atomic E-state index is 0.115. The summed E-state index contributed by atoms with van der Waals surface area (Å²) in [6.45, 7) is 3.48. The van der Waals surface area contributed by atoms with E-state index in [0.29, 0.717) is 17.0 Å². The van der Waals surface area contributed by atoms with Gasteiger partial charge in [-0.3, -0.25) is 4.79 Å².